The molecule has 2 rings (SSSR count). The van der Waals surface area contributed by atoms with Crippen LogP contribution in [0.15, 0.2) is 48.6 Å². The van der Waals surface area contributed by atoms with E-state index < -0.39 is 5.91 Å². The van der Waals surface area contributed by atoms with Crippen LogP contribution in [0.5, 0.6) is 11.5 Å². The Kier molecular flexibility index (Phi) is 4.03. The summed E-state index contributed by atoms with van der Waals surface area (Å²) in [4.78, 5) is 11.1. The minimum Gasteiger partial charge on any atom is -0.454 e. The van der Waals surface area contributed by atoms with Gasteiger partial charge in [-0.15, -0.1) is 6.58 Å². The Balaban J connectivity index is 2.11. The van der Waals surface area contributed by atoms with Crippen LogP contribution < -0.4 is 15.2 Å². The molecular formula is C15H15NO3. The highest BCUT2D eigenvalue weighted by Crippen LogP contribution is 2.32. The second kappa shape index (κ2) is 5.91. The molecule has 0 saturated heterocycles. The van der Waals surface area contributed by atoms with Gasteiger partial charge in [0.2, 0.25) is 12.7 Å². The van der Waals surface area contributed by atoms with Crippen molar-refractivity contribution in [2.75, 3.05) is 6.79 Å². The van der Waals surface area contributed by atoms with Crippen LogP contribution in [0.1, 0.15) is 12.0 Å². The van der Waals surface area contributed by atoms with E-state index in [0.29, 0.717) is 12.0 Å². The summed E-state index contributed by atoms with van der Waals surface area (Å²) < 4.78 is 10.5. The van der Waals surface area contributed by atoms with Gasteiger partial charge in [-0.1, -0.05) is 30.4 Å². The number of carbonyl (C=O) groups excluding carboxylic acids is 1. The van der Waals surface area contributed by atoms with E-state index >= 15 is 0 Å². The predicted molar refractivity (Wildman–Crippen MR) is 73.7 cm³/mol. The van der Waals surface area contributed by atoms with Gasteiger partial charge in [0, 0.05) is 5.57 Å². The number of amides is 1. The number of ether oxygens (including phenoxy) is 2. The Morgan fingerprint density at radius 3 is 2.89 bits per heavy atom. The highest BCUT2D eigenvalue weighted by atomic mass is 16.7. The number of fused-ring (bicyclic) bond motifs is 1. The predicted octanol–water partition coefficient (Wildman–Crippen LogP) is 2.42. The zero-order valence-corrected chi connectivity index (χ0v) is 10.5. The van der Waals surface area contributed by atoms with Gasteiger partial charge in [-0.05, 0) is 24.1 Å². The third-order valence-corrected chi connectivity index (χ3v) is 2.66. The zero-order chi connectivity index (χ0) is 13.7. The van der Waals surface area contributed by atoms with E-state index in [-0.39, 0.29) is 6.79 Å². The summed E-state index contributed by atoms with van der Waals surface area (Å²) in [5.41, 5.74) is 6.73. The van der Waals surface area contributed by atoms with Crippen molar-refractivity contribution in [2.24, 2.45) is 5.73 Å². The molecule has 1 aliphatic rings. The molecule has 0 aromatic heterocycles. The molecule has 1 aromatic rings. The van der Waals surface area contributed by atoms with Crippen LogP contribution >= 0.6 is 0 Å². The lowest BCUT2D eigenvalue weighted by atomic mass is 10.1. The van der Waals surface area contributed by atoms with Gasteiger partial charge in [0.1, 0.15) is 0 Å². The Morgan fingerprint density at radius 2 is 2.16 bits per heavy atom. The smallest absolute Gasteiger partial charge is 0.244 e. The molecule has 2 N–H and O–H groups in total. The lowest BCUT2D eigenvalue weighted by Gasteiger charge is -1.98. The molecule has 4 heteroatoms. The third-order valence-electron chi connectivity index (χ3n) is 2.66. The van der Waals surface area contributed by atoms with Gasteiger partial charge >= 0.3 is 0 Å². The molecule has 98 valence electrons. The van der Waals surface area contributed by atoms with E-state index in [2.05, 4.69) is 6.58 Å². The van der Waals surface area contributed by atoms with Crippen LogP contribution in [0.3, 0.4) is 0 Å². The lowest BCUT2D eigenvalue weighted by molar-refractivity contribution is -0.114. The Morgan fingerprint density at radius 1 is 1.37 bits per heavy atom. The number of nitrogens with two attached hydrogens (primary N) is 1. The van der Waals surface area contributed by atoms with Gasteiger partial charge in [0.15, 0.2) is 11.5 Å². The van der Waals surface area contributed by atoms with Crippen LogP contribution in [-0.4, -0.2) is 12.7 Å². The molecule has 0 saturated carbocycles. The lowest BCUT2D eigenvalue weighted by Crippen LogP contribution is -2.13. The summed E-state index contributed by atoms with van der Waals surface area (Å²) >= 11 is 0. The fourth-order valence-corrected chi connectivity index (χ4v) is 1.70. The van der Waals surface area contributed by atoms with Crippen LogP contribution in [0.2, 0.25) is 0 Å². The molecule has 0 aliphatic carbocycles. The van der Waals surface area contributed by atoms with Crippen molar-refractivity contribution in [1.82, 2.24) is 0 Å². The van der Waals surface area contributed by atoms with Crippen molar-refractivity contribution in [3.63, 3.8) is 0 Å². The molecule has 0 radical (unpaired) electrons. The van der Waals surface area contributed by atoms with E-state index in [1.54, 1.807) is 18.2 Å². The molecule has 1 aliphatic heterocycles. The zero-order valence-electron chi connectivity index (χ0n) is 10.5. The number of carbonyl (C=O) groups is 1. The summed E-state index contributed by atoms with van der Waals surface area (Å²) in [6, 6.07) is 5.64. The van der Waals surface area contributed by atoms with E-state index in [1.807, 2.05) is 24.3 Å². The van der Waals surface area contributed by atoms with Gasteiger partial charge in [-0.3, -0.25) is 4.79 Å². The number of hydrogen-bond donors (Lipinski definition) is 1. The Hall–Kier alpha value is -2.49. The summed E-state index contributed by atoms with van der Waals surface area (Å²) in [5.74, 6) is 1.04. The fourth-order valence-electron chi connectivity index (χ4n) is 1.70. The third kappa shape index (κ3) is 3.25. The minimum absolute atomic E-state index is 0.258. The summed E-state index contributed by atoms with van der Waals surface area (Å²) in [6.07, 6.45) is 7.44. The molecule has 0 fully saturated rings. The van der Waals surface area contributed by atoms with E-state index in [1.165, 1.54) is 0 Å². The van der Waals surface area contributed by atoms with Crippen molar-refractivity contribution in [3.8, 4) is 11.5 Å². The Labute approximate surface area is 111 Å². The largest absolute Gasteiger partial charge is 0.454 e. The highest BCUT2D eigenvalue weighted by molar-refractivity contribution is 5.92. The maximum atomic E-state index is 11.1. The van der Waals surface area contributed by atoms with Gasteiger partial charge < -0.3 is 15.2 Å². The first-order valence-corrected chi connectivity index (χ1v) is 5.88. The molecule has 1 amide bonds. The van der Waals surface area contributed by atoms with Gasteiger partial charge in [0.05, 0.1) is 0 Å². The second-order valence-electron chi connectivity index (χ2n) is 4.02. The average molecular weight is 257 g/mol. The minimum atomic E-state index is -0.435. The molecule has 1 aromatic carbocycles. The molecular weight excluding hydrogens is 242 g/mol. The van der Waals surface area contributed by atoms with Crippen LogP contribution in [-0.2, 0) is 4.79 Å². The Bertz CT molecular complexity index is 559. The average Bonchev–Trinajstić information content (AvgIpc) is 2.85. The maximum Gasteiger partial charge on any atom is 0.244 e. The molecule has 1 heterocycles. The number of allylic oxidation sites excluding steroid dienone is 3. The van der Waals surface area contributed by atoms with E-state index in [9.17, 15) is 4.79 Å². The summed E-state index contributed by atoms with van der Waals surface area (Å²) in [5, 5.41) is 0. The van der Waals surface area contributed by atoms with Crippen LogP contribution in [0.4, 0.5) is 0 Å². The molecule has 0 bridgehead atoms. The van der Waals surface area contributed by atoms with Gasteiger partial charge in [-0.25, -0.2) is 0 Å². The topological polar surface area (TPSA) is 61.6 Å². The second-order valence-corrected chi connectivity index (χ2v) is 4.02. The SMILES string of the molecule is C=CCC(=CC=Cc1ccc2c(c1)OCO2)C(N)=O. The first kappa shape index (κ1) is 13.0. The number of rotatable bonds is 5. The van der Waals surface area contributed by atoms with Crippen molar-refractivity contribution < 1.29 is 14.3 Å². The maximum absolute atomic E-state index is 11.1. The standard InChI is InChI=1S/C15H15NO3/c1-2-4-12(15(16)17)6-3-5-11-7-8-13-14(9-11)19-10-18-13/h2-3,5-9H,1,4,10H2,(H2,16,17). The molecule has 19 heavy (non-hydrogen) atoms. The quantitative estimate of drug-likeness (QED) is 0.500. The monoisotopic (exact) mass is 257 g/mol. The van der Waals surface area contributed by atoms with Crippen molar-refractivity contribution in [1.29, 1.82) is 0 Å². The number of primary amides is 1. The first-order valence-electron chi connectivity index (χ1n) is 5.88. The molecule has 0 spiro atoms. The van der Waals surface area contributed by atoms with Crippen LogP contribution in [0.25, 0.3) is 6.08 Å². The van der Waals surface area contributed by atoms with Crippen molar-refractivity contribution in [2.45, 2.75) is 6.42 Å². The molecule has 0 unspecified atom stereocenters. The highest BCUT2D eigenvalue weighted by Gasteiger charge is 2.11. The van der Waals surface area contributed by atoms with Crippen molar-refractivity contribution >= 4 is 12.0 Å². The van der Waals surface area contributed by atoms with Crippen LogP contribution in [0, 0.1) is 0 Å². The number of hydrogen-bond acceptors (Lipinski definition) is 3. The summed E-state index contributed by atoms with van der Waals surface area (Å²) in [7, 11) is 0. The fraction of sp³-hybridized carbons (Fsp3) is 0.133. The number of benzene rings is 1. The van der Waals surface area contributed by atoms with Crippen molar-refractivity contribution in [3.05, 3.63) is 54.1 Å². The molecule has 4 nitrogen and oxygen atoms in total. The molecule has 0 atom stereocenters. The summed E-state index contributed by atoms with van der Waals surface area (Å²) in [6.45, 7) is 3.84. The first-order chi connectivity index (χ1) is 9.20. The van der Waals surface area contributed by atoms with Gasteiger partial charge in [-0.2, -0.15) is 0 Å². The van der Waals surface area contributed by atoms with E-state index in [4.69, 9.17) is 15.2 Å². The van der Waals surface area contributed by atoms with Gasteiger partial charge in [0.25, 0.3) is 0 Å². The normalized spacial score (nSPS) is 13.8. The van der Waals surface area contributed by atoms with E-state index in [0.717, 1.165) is 17.1 Å².